The molecule has 0 aromatic heterocycles. The third kappa shape index (κ3) is 3.36. The smallest absolute Gasteiger partial charge is 0.262 e. The van der Waals surface area contributed by atoms with Crippen LogP contribution in [0.15, 0.2) is 34.8 Å². The molecule has 0 fully saturated rings. The highest BCUT2D eigenvalue weighted by Gasteiger charge is 2.18. The molecule has 1 amide bonds. The van der Waals surface area contributed by atoms with Crippen LogP contribution in [0.25, 0.3) is 0 Å². The van der Waals surface area contributed by atoms with E-state index in [1.54, 1.807) is 12.1 Å². The number of carbonyl (C=O) groups excluding carboxylic acids is 1. The minimum Gasteiger partial charge on any atom is -0.496 e. The monoisotopic (exact) mass is 371 g/mol. The van der Waals surface area contributed by atoms with E-state index in [0.717, 1.165) is 5.56 Å². The number of nitrogens with one attached hydrogen (secondary N) is 1. The molecule has 0 unspecified atom stereocenters. The average Bonchev–Trinajstić information content (AvgIpc) is 2.44. The lowest BCUT2D eigenvalue weighted by Crippen LogP contribution is -2.15. The molecule has 3 nitrogen and oxygen atoms in total. The van der Waals surface area contributed by atoms with Gasteiger partial charge in [-0.1, -0.05) is 17.7 Å². The van der Waals surface area contributed by atoms with Crippen LogP contribution in [0, 0.1) is 12.7 Å². The van der Waals surface area contributed by atoms with Crippen molar-refractivity contribution in [2.75, 3.05) is 12.4 Å². The van der Waals surface area contributed by atoms with Gasteiger partial charge in [-0.2, -0.15) is 0 Å². The Labute approximate surface area is 135 Å². The number of methoxy groups -OCH3 is 1. The van der Waals surface area contributed by atoms with Crippen molar-refractivity contribution in [3.05, 3.63) is 56.8 Å². The number of rotatable bonds is 3. The molecule has 0 radical (unpaired) electrons. The van der Waals surface area contributed by atoms with Crippen molar-refractivity contribution in [2.24, 2.45) is 0 Å². The summed E-state index contributed by atoms with van der Waals surface area (Å²) in [4.78, 5) is 12.3. The minimum atomic E-state index is -0.652. The largest absolute Gasteiger partial charge is 0.496 e. The van der Waals surface area contributed by atoms with Gasteiger partial charge in [0.1, 0.15) is 17.1 Å². The number of anilines is 1. The molecule has 21 heavy (non-hydrogen) atoms. The summed E-state index contributed by atoms with van der Waals surface area (Å²) in [6.45, 7) is 1.85. The first-order valence-electron chi connectivity index (χ1n) is 6.03. The first kappa shape index (κ1) is 15.8. The maximum absolute atomic E-state index is 13.9. The summed E-state index contributed by atoms with van der Waals surface area (Å²) >= 11 is 9.37. The molecule has 2 aromatic rings. The Morgan fingerprint density at radius 3 is 2.76 bits per heavy atom. The van der Waals surface area contributed by atoms with E-state index >= 15 is 0 Å². The Bertz CT molecular complexity index is 706. The van der Waals surface area contributed by atoms with E-state index in [-0.39, 0.29) is 11.3 Å². The van der Waals surface area contributed by atoms with Crippen molar-refractivity contribution in [3.8, 4) is 5.75 Å². The van der Waals surface area contributed by atoms with Crippen LogP contribution in [-0.4, -0.2) is 13.0 Å². The van der Waals surface area contributed by atoms with Crippen LogP contribution in [0.1, 0.15) is 15.9 Å². The van der Waals surface area contributed by atoms with Crippen molar-refractivity contribution in [2.45, 2.75) is 6.92 Å². The van der Waals surface area contributed by atoms with E-state index < -0.39 is 11.7 Å². The van der Waals surface area contributed by atoms with Crippen molar-refractivity contribution in [3.63, 3.8) is 0 Å². The summed E-state index contributed by atoms with van der Waals surface area (Å²) in [6, 6.07) is 7.58. The Kier molecular flexibility index (Phi) is 4.85. The van der Waals surface area contributed by atoms with Gasteiger partial charge >= 0.3 is 0 Å². The van der Waals surface area contributed by atoms with E-state index in [9.17, 15) is 9.18 Å². The van der Waals surface area contributed by atoms with E-state index in [0.29, 0.717) is 15.2 Å². The van der Waals surface area contributed by atoms with Crippen LogP contribution >= 0.6 is 27.5 Å². The van der Waals surface area contributed by atoms with Crippen LogP contribution in [0.4, 0.5) is 10.1 Å². The first-order chi connectivity index (χ1) is 9.93. The normalized spacial score (nSPS) is 10.3. The lowest BCUT2D eigenvalue weighted by molar-refractivity contribution is 0.102. The Hall–Kier alpha value is -1.59. The molecule has 110 valence electrons. The maximum Gasteiger partial charge on any atom is 0.262 e. The van der Waals surface area contributed by atoms with Crippen molar-refractivity contribution < 1.29 is 13.9 Å². The Balaban J connectivity index is 2.37. The maximum atomic E-state index is 13.9. The fourth-order valence-corrected chi connectivity index (χ4v) is 2.54. The molecular weight excluding hydrogens is 361 g/mol. The fourth-order valence-electron chi connectivity index (χ4n) is 1.82. The zero-order chi connectivity index (χ0) is 15.6. The van der Waals surface area contributed by atoms with Crippen LogP contribution in [0.3, 0.4) is 0 Å². The molecule has 2 rings (SSSR count). The molecule has 0 heterocycles. The number of amides is 1. The second-order valence-corrected chi connectivity index (χ2v) is 5.61. The highest BCUT2D eigenvalue weighted by atomic mass is 79.9. The zero-order valence-corrected chi connectivity index (χ0v) is 13.7. The van der Waals surface area contributed by atoms with Gasteiger partial charge in [-0.3, -0.25) is 4.79 Å². The third-order valence-electron chi connectivity index (χ3n) is 2.92. The summed E-state index contributed by atoms with van der Waals surface area (Å²) in [5, 5.41) is 3.13. The average molecular weight is 373 g/mol. The molecule has 2 aromatic carbocycles. The van der Waals surface area contributed by atoms with Crippen LogP contribution in [0.5, 0.6) is 5.75 Å². The topological polar surface area (TPSA) is 38.3 Å². The summed E-state index contributed by atoms with van der Waals surface area (Å²) < 4.78 is 19.5. The van der Waals surface area contributed by atoms with Crippen molar-refractivity contribution >= 4 is 39.1 Å². The van der Waals surface area contributed by atoms with Gasteiger partial charge in [-0.15, -0.1) is 0 Å². The molecule has 0 aliphatic carbocycles. The number of hydrogen-bond acceptors (Lipinski definition) is 2. The lowest BCUT2D eigenvalue weighted by Gasteiger charge is -2.12. The molecule has 0 bridgehead atoms. The van der Waals surface area contributed by atoms with E-state index in [1.807, 2.05) is 6.92 Å². The number of ether oxygens (including phenoxy) is 1. The summed E-state index contributed by atoms with van der Waals surface area (Å²) in [6.07, 6.45) is 0. The lowest BCUT2D eigenvalue weighted by atomic mass is 10.1. The van der Waals surface area contributed by atoms with Gasteiger partial charge in [0.05, 0.1) is 12.8 Å². The molecular formula is C15H12BrClFNO2. The third-order valence-corrected chi connectivity index (χ3v) is 3.98. The number of hydrogen-bond donors (Lipinski definition) is 1. The zero-order valence-electron chi connectivity index (χ0n) is 11.3. The highest BCUT2D eigenvalue weighted by Crippen LogP contribution is 2.30. The molecule has 0 saturated heterocycles. The highest BCUT2D eigenvalue weighted by molar-refractivity contribution is 9.10. The number of carbonyl (C=O) groups is 1. The van der Waals surface area contributed by atoms with Crippen LogP contribution in [-0.2, 0) is 0 Å². The van der Waals surface area contributed by atoms with E-state index in [1.165, 1.54) is 25.3 Å². The molecule has 0 saturated carbocycles. The van der Waals surface area contributed by atoms with Crippen LogP contribution < -0.4 is 10.1 Å². The quantitative estimate of drug-likeness (QED) is 0.839. The predicted octanol–water partition coefficient (Wildman–Crippen LogP) is 4.81. The van der Waals surface area contributed by atoms with Gasteiger partial charge in [-0.25, -0.2) is 4.39 Å². The van der Waals surface area contributed by atoms with Crippen molar-refractivity contribution in [1.82, 2.24) is 0 Å². The predicted molar refractivity (Wildman–Crippen MR) is 84.8 cm³/mol. The minimum absolute atomic E-state index is 0.149. The summed E-state index contributed by atoms with van der Waals surface area (Å²) in [7, 11) is 1.38. The second kappa shape index (κ2) is 6.45. The summed E-state index contributed by atoms with van der Waals surface area (Å²) in [5.41, 5.74) is 1.18. The SMILES string of the molecule is COc1cccc(F)c1C(=O)Nc1cc(Cl)c(C)cc1Br. The molecule has 0 aliphatic rings. The summed E-state index contributed by atoms with van der Waals surface area (Å²) in [5.74, 6) is -1.09. The van der Waals surface area contributed by atoms with Crippen molar-refractivity contribution in [1.29, 1.82) is 0 Å². The fraction of sp³-hybridized carbons (Fsp3) is 0.133. The molecule has 0 spiro atoms. The molecule has 0 atom stereocenters. The Morgan fingerprint density at radius 2 is 2.10 bits per heavy atom. The van der Waals surface area contributed by atoms with Crippen LogP contribution in [0.2, 0.25) is 5.02 Å². The standard InChI is InChI=1S/C15H12BrClFNO2/c1-8-6-9(16)12(7-10(8)17)19-15(20)14-11(18)4-3-5-13(14)21-2/h3-7H,1-2H3,(H,19,20). The van der Waals surface area contributed by atoms with E-state index in [2.05, 4.69) is 21.2 Å². The van der Waals surface area contributed by atoms with Gasteiger partial charge < -0.3 is 10.1 Å². The van der Waals surface area contributed by atoms with Gasteiger partial charge in [-0.05, 0) is 52.7 Å². The molecule has 0 aliphatic heterocycles. The van der Waals surface area contributed by atoms with Gasteiger partial charge in [0.25, 0.3) is 5.91 Å². The van der Waals surface area contributed by atoms with Gasteiger partial charge in [0, 0.05) is 9.50 Å². The number of benzene rings is 2. The number of aryl methyl sites for hydroxylation is 1. The number of halogens is 3. The second-order valence-electron chi connectivity index (χ2n) is 4.35. The molecule has 6 heteroatoms. The molecule has 1 N–H and O–H groups in total. The Morgan fingerprint density at radius 1 is 1.38 bits per heavy atom. The van der Waals surface area contributed by atoms with Gasteiger partial charge in [0.15, 0.2) is 0 Å². The van der Waals surface area contributed by atoms with E-state index in [4.69, 9.17) is 16.3 Å². The first-order valence-corrected chi connectivity index (χ1v) is 7.20. The van der Waals surface area contributed by atoms with Gasteiger partial charge in [0.2, 0.25) is 0 Å².